The van der Waals surface area contributed by atoms with Gasteiger partial charge in [0.25, 0.3) is 0 Å². The van der Waals surface area contributed by atoms with Crippen molar-refractivity contribution in [2.75, 3.05) is 6.54 Å². The Bertz CT molecular complexity index is 880. The van der Waals surface area contributed by atoms with Crippen LogP contribution in [0.25, 0.3) is 10.9 Å². The maximum Gasteiger partial charge on any atom is 0.0650 e. The zero-order chi connectivity index (χ0) is 16.8. The Hall–Kier alpha value is -2.13. The molecule has 5 rings (SSSR count). The van der Waals surface area contributed by atoms with Crippen molar-refractivity contribution in [3.63, 3.8) is 0 Å². The van der Waals surface area contributed by atoms with E-state index in [1.165, 1.54) is 47.9 Å². The van der Waals surface area contributed by atoms with Crippen LogP contribution in [0.4, 0.5) is 0 Å². The van der Waals surface area contributed by atoms with E-state index in [4.69, 9.17) is 0 Å². The average molecular weight is 331 g/mol. The fourth-order valence-electron chi connectivity index (χ4n) is 5.05. The smallest absolute Gasteiger partial charge is 0.0650 e. The molecule has 2 aromatic carbocycles. The van der Waals surface area contributed by atoms with Gasteiger partial charge in [-0.25, -0.2) is 0 Å². The molecule has 1 saturated carbocycles. The number of benzene rings is 2. The number of aryl methyl sites for hydroxylation is 1. The molecule has 1 aromatic heterocycles. The molecule has 1 saturated heterocycles. The summed E-state index contributed by atoms with van der Waals surface area (Å²) in [4.78, 5) is 2.74. The van der Waals surface area contributed by atoms with Crippen molar-refractivity contribution in [2.45, 2.75) is 38.8 Å². The maximum atomic E-state index is 4.15. The van der Waals surface area contributed by atoms with Gasteiger partial charge in [0.1, 0.15) is 0 Å². The minimum atomic E-state index is 0.756. The maximum absolute atomic E-state index is 4.15. The van der Waals surface area contributed by atoms with E-state index in [1.54, 1.807) is 0 Å². The van der Waals surface area contributed by atoms with E-state index in [0.29, 0.717) is 0 Å². The number of hydrogen-bond acceptors (Lipinski definition) is 2. The molecule has 1 N–H and O–H groups in total. The molecule has 3 heteroatoms. The lowest BCUT2D eigenvalue weighted by atomic mass is 9.90. The molecule has 0 amide bonds. The van der Waals surface area contributed by atoms with Crippen molar-refractivity contribution in [3.8, 4) is 0 Å². The molecule has 2 heterocycles. The molecule has 0 spiro atoms. The summed E-state index contributed by atoms with van der Waals surface area (Å²) in [6.45, 7) is 4.55. The highest BCUT2D eigenvalue weighted by Gasteiger charge is 2.46. The number of aromatic amines is 1. The molecular formula is C22H25N3. The van der Waals surface area contributed by atoms with Crippen molar-refractivity contribution >= 4 is 10.9 Å². The molecule has 2 bridgehead atoms. The first kappa shape index (κ1) is 15.2. The van der Waals surface area contributed by atoms with Crippen LogP contribution < -0.4 is 0 Å². The Labute approximate surface area is 149 Å². The predicted molar refractivity (Wildman–Crippen MR) is 101 cm³/mol. The Morgan fingerprint density at radius 1 is 1.08 bits per heavy atom. The second kappa shape index (κ2) is 5.99. The Balaban J connectivity index is 1.32. The zero-order valence-electron chi connectivity index (χ0n) is 14.8. The van der Waals surface area contributed by atoms with E-state index in [2.05, 4.69) is 64.5 Å². The van der Waals surface area contributed by atoms with Crippen LogP contribution in [0.1, 0.15) is 29.5 Å². The van der Waals surface area contributed by atoms with Crippen LogP contribution in [0.15, 0.2) is 48.7 Å². The van der Waals surface area contributed by atoms with Gasteiger partial charge in [0.2, 0.25) is 0 Å². The third-order valence-corrected chi connectivity index (χ3v) is 6.35. The first-order chi connectivity index (χ1) is 12.3. The summed E-state index contributed by atoms with van der Waals surface area (Å²) in [6, 6.07) is 16.6. The van der Waals surface area contributed by atoms with E-state index in [-0.39, 0.29) is 0 Å². The highest BCUT2D eigenvalue weighted by molar-refractivity contribution is 5.78. The van der Waals surface area contributed by atoms with E-state index in [0.717, 1.165) is 29.9 Å². The lowest BCUT2D eigenvalue weighted by Crippen LogP contribution is -2.33. The lowest BCUT2D eigenvalue weighted by Gasteiger charge is -2.27. The van der Waals surface area contributed by atoms with Gasteiger partial charge in [0.05, 0.1) is 11.7 Å². The molecule has 1 aliphatic heterocycles. The second-order valence-electron chi connectivity index (χ2n) is 7.98. The number of H-pyrrole nitrogens is 1. The van der Waals surface area contributed by atoms with Crippen molar-refractivity contribution in [1.29, 1.82) is 0 Å². The quantitative estimate of drug-likeness (QED) is 0.772. The number of hydrogen-bond donors (Lipinski definition) is 1. The number of nitrogens with one attached hydrogen (secondary N) is 1. The number of likely N-dealkylation sites (tertiary alicyclic amines) is 1. The largest absolute Gasteiger partial charge is 0.296 e. The predicted octanol–water partition coefficient (Wildman–Crippen LogP) is 4.32. The van der Waals surface area contributed by atoms with Crippen LogP contribution >= 0.6 is 0 Å². The standard InChI is InChI=1S/C22H25N3/c1-15-2-4-16(5-3-15)13-25-14-18-7-9-22(25)20(18)11-17-6-8-21-19(10-17)12-23-24-21/h2-6,8,10,12,18,20,22H,7,9,11,13-14H2,1H3,(H,23,24). The van der Waals surface area contributed by atoms with E-state index >= 15 is 0 Å². The minimum absolute atomic E-state index is 0.756. The highest BCUT2D eigenvalue weighted by Crippen LogP contribution is 2.45. The summed E-state index contributed by atoms with van der Waals surface area (Å²) >= 11 is 0. The summed E-state index contributed by atoms with van der Waals surface area (Å²) in [5, 5.41) is 8.43. The van der Waals surface area contributed by atoms with Crippen molar-refractivity contribution < 1.29 is 0 Å². The number of nitrogens with zero attached hydrogens (tertiary/aromatic N) is 2. The number of fused-ring (bicyclic) bond motifs is 3. The second-order valence-corrected chi connectivity index (χ2v) is 7.98. The summed E-state index contributed by atoms with van der Waals surface area (Å²) in [5.41, 5.74) is 5.41. The summed E-state index contributed by atoms with van der Waals surface area (Å²) in [7, 11) is 0. The third-order valence-electron chi connectivity index (χ3n) is 6.35. The summed E-state index contributed by atoms with van der Waals surface area (Å²) in [5.74, 6) is 1.69. The molecule has 3 nitrogen and oxygen atoms in total. The fourth-order valence-corrected chi connectivity index (χ4v) is 5.05. The van der Waals surface area contributed by atoms with E-state index in [9.17, 15) is 0 Å². The van der Waals surface area contributed by atoms with Gasteiger partial charge in [-0.05, 0) is 61.3 Å². The van der Waals surface area contributed by atoms with Crippen molar-refractivity contribution in [1.82, 2.24) is 15.1 Å². The SMILES string of the molecule is Cc1ccc(CN2CC3CCC2C3Cc2ccc3[nH]ncc3c2)cc1. The van der Waals surface area contributed by atoms with Gasteiger partial charge < -0.3 is 0 Å². The first-order valence-electron chi connectivity index (χ1n) is 9.48. The minimum Gasteiger partial charge on any atom is -0.296 e. The number of piperidine rings is 1. The monoisotopic (exact) mass is 331 g/mol. The molecule has 0 radical (unpaired) electrons. The molecule has 2 fully saturated rings. The highest BCUT2D eigenvalue weighted by atomic mass is 15.2. The molecule has 25 heavy (non-hydrogen) atoms. The van der Waals surface area contributed by atoms with Crippen molar-refractivity contribution in [2.24, 2.45) is 11.8 Å². The van der Waals surface area contributed by atoms with Gasteiger partial charge >= 0.3 is 0 Å². The van der Waals surface area contributed by atoms with Crippen LogP contribution in [0.3, 0.4) is 0 Å². The molecule has 3 atom stereocenters. The summed E-state index contributed by atoms with van der Waals surface area (Å²) < 4.78 is 0. The zero-order valence-corrected chi connectivity index (χ0v) is 14.8. The van der Waals surface area contributed by atoms with Gasteiger partial charge in [-0.1, -0.05) is 35.9 Å². The number of rotatable bonds is 4. The van der Waals surface area contributed by atoms with Crippen LogP contribution in [-0.2, 0) is 13.0 Å². The van der Waals surface area contributed by atoms with Crippen LogP contribution in [-0.4, -0.2) is 27.7 Å². The van der Waals surface area contributed by atoms with Crippen LogP contribution in [0, 0.1) is 18.8 Å². The molecule has 1 aliphatic carbocycles. The number of aromatic nitrogens is 2. The molecule has 128 valence electrons. The van der Waals surface area contributed by atoms with Crippen LogP contribution in [0.5, 0.6) is 0 Å². The van der Waals surface area contributed by atoms with Gasteiger partial charge in [0, 0.05) is 24.5 Å². The topological polar surface area (TPSA) is 31.9 Å². The third kappa shape index (κ3) is 2.77. The van der Waals surface area contributed by atoms with Gasteiger partial charge in [-0.2, -0.15) is 5.10 Å². The summed E-state index contributed by atoms with van der Waals surface area (Å²) in [6.07, 6.45) is 5.93. The van der Waals surface area contributed by atoms with Gasteiger partial charge in [0.15, 0.2) is 0 Å². The average Bonchev–Trinajstić information content (AvgIpc) is 3.31. The van der Waals surface area contributed by atoms with E-state index in [1.807, 2.05) is 6.20 Å². The Morgan fingerprint density at radius 3 is 2.80 bits per heavy atom. The first-order valence-corrected chi connectivity index (χ1v) is 9.48. The normalized spacial score (nSPS) is 25.9. The molecule has 3 aromatic rings. The van der Waals surface area contributed by atoms with Crippen molar-refractivity contribution in [3.05, 3.63) is 65.4 Å². The Kier molecular flexibility index (Phi) is 3.63. The van der Waals surface area contributed by atoms with Crippen LogP contribution in [0.2, 0.25) is 0 Å². The van der Waals surface area contributed by atoms with E-state index < -0.39 is 0 Å². The molecule has 3 unspecified atom stereocenters. The van der Waals surface area contributed by atoms with Gasteiger partial charge in [-0.15, -0.1) is 0 Å². The Morgan fingerprint density at radius 2 is 1.92 bits per heavy atom. The van der Waals surface area contributed by atoms with Gasteiger partial charge in [-0.3, -0.25) is 10.00 Å². The molecule has 2 aliphatic rings. The lowest BCUT2D eigenvalue weighted by molar-refractivity contribution is 0.197. The molecular weight excluding hydrogens is 306 g/mol. The fraction of sp³-hybridized carbons (Fsp3) is 0.409.